The number of carbonyl (C=O) groups is 1. The quantitative estimate of drug-likeness (QED) is 0.666. The molecule has 1 fully saturated rings. The molecule has 2 heterocycles. The normalized spacial score (nSPS) is 21.1. The van der Waals surface area contributed by atoms with E-state index in [1.54, 1.807) is 4.68 Å². The zero-order valence-corrected chi connectivity index (χ0v) is 14.6. The first-order valence-electron chi connectivity index (χ1n) is 7.91. The number of hydrogen-bond donors (Lipinski definition) is 1. The number of aromatic nitrogens is 2. The molecule has 9 heteroatoms. The molecule has 1 aromatic rings. The van der Waals surface area contributed by atoms with E-state index in [1.165, 1.54) is 6.07 Å². The van der Waals surface area contributed by atoms with Gasteiger partial charge >= 0.3 is 11.9 Å². The second-order valence-electron chi connectivity index (χ2n) is 7.15. The molecule has 0 aromatic carbocycles. The summed E-state index contributed by atoms with van der Waals surface area (Å²) in [5.41, 5.74) is 0.186. The number of nitrogens with one attached hydrogen (secondary N) is 1. The number of rotatable bonds is 4. The molecule has 1 amide bonds. The van der Waals surface area contributed by atoms with Crippen LogP contribution in [-0.4, -0.2) is 39.5 Å². The minimum Gasteiger partial charge on any atom is -0.444 e. The lowest BCUT2D eigenvalue weighted by atomic mass is 10.1. The van der Waals surface area contributed by atoms with Crippen molar-refractivity contribution in [3.63, 3.8) is 0 Å². The summed E-state index contributed by atoms with van der Waals surface area (Å²) in [6.07, 6.45) is -0.849. The van der Waals surface area contributed by atoms with Crippen molar-refractivity contribution >= 4 is 11.9 Å². The van der Waals surface area contributed by atoms with E-state index in [1.807, 2.05) is 34.6 Å². The maximum atomic E-state index is 11.7. The third kappa shape index (κ3) is 4.22. The van der Waals surface area contributed by atoms with E-state index >= 15 is 0 Å². The zero-order valence-electron chi connectivity index (χ0n) is 14.6. The predicted octanol–water partition coefficient (Wildman–Crippen LogP) is 2.51. The Labute approximate surface area is 140 Å². The van der Waals surface area contributed by atoms with Crippen LogP contribution >= 0.6 is 0 Å². The Hall–Kier alpha value is -2.16. The topological polar surface area (TPSA) is 109 Å². The summed E-state index contributed by atoms with van der Waals surface area (Å²) < 4.78 is 12.6. The average Bonchev–Trinajstić information content (AvgIpc) is 3.02. The smallest absolute Gasteiger partial charge is 0.407 e. The third-order valence-corrected chi connectivity index (χ3v) is 3.52. The highest BCUT2D eigenvalue weighted by Gasteiger charge is 2.37. The van der Waals surface area contributed by atoms with Crippen LogP contribution in [0.5, 0.6) is 0 Å². The van der Waals surface area contributed by atoms with Gasteiger partial charge in [-0.15, -0.1) is 0 Å². The van der Waals surface area contributed by atoms with Crippen molar-refractivity contribution in [2.45, 2.75) is 64.8 Å². The van der Waals surface area contributed by atoms with Gasteiger partial charge in [0.2, 0.25) is 0 Å². The molecule has 1 N–H and O–H groups in total. The molecular formula is C15H24N4O5. The molecule has 1 aromatic heterocycles. The van der Waals surface area contributed by atoms with Crippen molar-refractivity contribution < 1.29 is 19.2 Å². The maximum Gasteiger partial charge on any atom is 0.407 e. The fraction of sp³-hybridized carbons (Fsp3) is 0.733. The van der Waals surface area contributed by atoms with E-state index < -0.39 is 28.8 Å². The molecule has 134 valence electrons. The molecule has 9 nitrogen and oxygen atoms in total. The van der Waals surface area contributed by atoms with E-state index in [2.05, 4.69) is 10.4 Å². The van der Waals surface area contributed by atoms with Crippen molar-refractivity contribution in [2.75, 3.05) is 6.61 Å². The number of nitrogens with zero attached hydrogens (tertiary/aromatic N) is 3. The van der Waals surface area contributed by atoms with Crippen molar-refractivity contribution in [2.24, 2.45) is 0 Å². The number of ether oxygens (including phenoxy) is 2. The standard InChI is InChI=1S/C15H24N4O5/c1-9(2)16-14(20)24-10-6-12(23-8-10)11-7-13(19(21)22)17-18(11)15(3,4)5/h7,9-10,12H,6,8H2,1-5H3,(H,16,20)/t10-,12-/m0/s1. The SMILES string of the molecule is CC(C)NC(=O)O[C@@H]1CO[C@H](c2cc([N+](=O)[O-])nn2C(C)(C)C)C1. The monoisotopic (exact) mass is 340 g/mol. The Morgan fingerprint density at radius 2 is 2.21 bits per heavy atom. The Bertz CT molecular complexity index is 620. The van der Waals surface area contributed by atoms with Gasteiger partial charge in [0.15, 0.2) is 0 Å². The van der Waals surface area contributed by atoms with E-state index in [-0.39, 0.29) is 18.5 Å². The summed E-state index contributed by atoms with van der Waals surface area (Å²) in [4.78, 5) is 22.2. The summed E-state index contributed by atoms with van der Waals surface area (Å²) in [5.74, 6) is -0.217. The minimum absolute atomic E-state index is 0.0133. The van der Waals surface area contributed by atoms with E-state index in [4.69, 9.17) is 9.47 Å². The van der Waals surface area contributed by atoms with Crippen LogP contribution in [0.25, 0.3) is 0 Å². The largest absolute Gasteiger partial charge is 0.444 e. The van der Waals surface area contributed by atoms with E-state index in [9.17, 15) is 14.9 Å². The van der Waals surface area contributed by atoms with Crippen LogP contribution in [0.15, 0.2) is 6.07 Å². The van der Waals surface area contributed by atoms with Gasteiger partial charge in [0.25, 0.3) is 0 Å². The number of hydrogen-bond acceptors (Lipinski definition) is 6. The van der Waals surface area contributed by atoms with Crippen LogP contribution < -0.4 is 5.32 Å². The second-order valence-corrected chi connectivity index (χ2v) is 7.15. The lowest BCUT2D eigenvalue weighted by Gasteiger charge is -2.20. The summed E-state index contributed by atoms with van der Waals surface area (Å²) in [6, 6.07) is 1.41. The van der Waals surface area contributed by atoms with Crippen LogP contribution in [-0.2, 0) is 15.0 Å². The van der Waals surface area contributed by atoms with Gasteiger partial charge in [-0.2, -0.15) is 4.68 Å². The van der Waals surface area contributed by atoms with Crippen LogP contribution in [0.3, 0.4) is 0 Å². The van der Waals surface area contributed by atoms with Gasteiger partial charge in [-0.3, -0.25) is 0 Å². The molecule has 0 unspecified atom stereocenters. The van der Waals surface area contributed by atoms with Gasteiger partial charge in [-0.05, 0) is 39.5 Å². The van der Waals surface area contributed by atoms with Gasteiger partial charge in [-0.1, -0.05) is 0 Å². The summed E-state index contributed by atoms with van der Waals surface area (Å²) in [6.45, 7) is 9.66. The Kier molecular flexibility index (Phi) is 5.12. The summed E-state index contributed by atoms with van der Waals surface area (Å²) in [5, 5.41) is 17.8. The first kappa shape index (κ1) is 18.2. The molecular weight excluding hydrogens is 316 g/mol. The maximum absolute atomic E-state index is 11.7. The van der Waals surface area contributed by atoms with Crippen LogP contribution in [0, 0.1) is 10.1 Å². The minimum atomic E-state index is -0.523. The molecule has 0 spiro atoms. The molecule has 24 heavy (non-hydrogen) atoms. The molecule has 2 rings (SSSR count). The fourth-order valence-corrected chi connectivity index (χ4v) is 2.55. The molecule has 0 bridgehead atoms. The van der Waals surface area contributed by atoms with Crippen molar-refractivity contribution in [3.8, 4) is 0 Å². The van der Waals surface area contributed by atoms with E-state index in [0.717, 1.165) is 0 Å². The van der Waals surface area contributed by atoms with Crippen molar-refractivity contribution in [1.29, 1.82) is 0 Å². The Morgan fingerprint density at radius 3 is 2.75 bits per heavy atom. The van der Waals surface area contributed by atoms with E-state index in [0.29, 0.717) is 12.1 Å². The zero-order chi connectivity index (χ0) is 18.1. The average molecular weight is 340 g/mol. The first-order valence-corrected chi connectivity index (χ1v) is 7.91. The summed E-state index contributed by atoms with van der Waals surface area (Å²) >= 11 is 0. The highest BCUT2D eigenvalue weighted by atomic mass is 16.6. The number of amides is 1. The Morgan fingerprint density at radius 1 is 1.54 bits per heavy atom. The number of alkyl carbamates (subject to hydrolysis) is 1. The molecule has 0 aliphatic carbocycles. The lowest BCUT2D eigenvalue weighted by Crippen LogP contribution is -2.33. The first-order chi connectivity index (χ1) is 11.1. The predicted molar refractivity (Wildman–Crippen MR) is 85.7 cm³/mol. The van der Waals surface area contributed by atoms with Gasteiger partial charge in [0.05, 0.1) is 29.0 Å². The molecule has 0 radical (unpaired) electrons. The fourth-order valence-electron chi connectivity index (χ4n) is 2.55. The van der Waals surface area contributed by atoms with Crippen molar-refractivity contribution in [1.82, 2.24) is 15.1 Å². The van der Waals surface area contributed by atoms with Crippen LogP contribution in [0.2, 0.25) is 0 Å². The molecule has 1 aliphatic heterocycles. The lowest BCUT2D eigenvalue weighted by molar-refractivity contribution is -0.389. The third-order valence-electron chi connectivity index (χ3n) is 3.52. The van der Waals surface area contributed by atoms with Crippen LogP contribution in [0.1, 0.15) is 52.8 Å². The van der Waals surface area contributed by atoms with Gasteiger partial charge in [0.1, 0.15) is 12.2 Å². The molecule has 1 saturated heterocycles. The van der Waals surface area contributed by atoms with Gasteiger partial charge < -0.3 is 24.9 Å². The van der Waals surface area contributed by atoms with Gasteiger partial charge in [-0.25, -0.2) is 4.79 Å². The van der Waals surface area contributed by atoms with Gasteiger partial charge in [0, 0.05) is 12.5 Å². The van der Waals surface area contributed by atoms with Crippen LogP contribution in [0.4, 0.5) is 10.6 Å². The highest BCUT2D eigenvalue weighted by Crippen LogP contribution is 2.34. The number of carbonyl (C=O) groups excluding carboxylic acids is 1. The molecule has 1 aliphatic rings. The summed E-state index contributed by atoms with van der Waals surface area (Å²) in [7, 11) is 0. The van der Waals surface area contributed by atoms with Crippen molar-refractivity contribution in [3.05, 3.63) is 21.9 Å². The molecule has 2 atom stereocenters. The number of nitro groups is 1. The Balaban J connectivity index is 2.13. The highest BCUT2D eigenvalue weighted by molar-refractivity contribution is 5.67. The second kappa shape index (κ2) is 6.76. The molecule has 0 saturated carbocycles.